The van der Waals surface area contributed by atoms with E-state index >= 15 is 0 Å². The Morgan fingerprint density at radius 3 is 2.59 bits per heavy atom. The third-order valence-corrected chi connectivity index (χ3v) is 2.62. The molecule has 6 nitrogen and oxygen atoms in total. The van der Waals surface area contributed by atoms with Gasteiger partial charge in [-0.2, -0.15) is 13.9 Å². The minimum absolute atomic E-state index is 0.0365. The maximum absolute atomic E-state index is 12.3. The first-order chi connectivity index (χ1) is 10.6. The largest absolute Gasteiger partial charge is 0.434 e. The fourth-order valence-corrected chi connectivity index (χ4v) is 1.69. The molecular formula is C14H11F2N3O3. The van der Waals surface area contributed by atoms with E-state index in [1.807, 2.05) is 0 Å². The minimum Gasteiger partial charge on any atom is -0.434 e. The van der Waals surface area contributed by atoms with Crippen LogP contribution in [0.15, 0.2) is 53.6 Å². The van der Waals surface area contributed by atoms with E-state index < -0.39 is 11.5 Å². The van der Waals surface area contributed by atoms with Crippen LogP contribution in [-0.2, 0) is 0 Å². The number of nitro groups is 1. The van der Waals surface area contributed by atoms with E-state index in [9.17, 15) is 18.9 Å². The van der Waals surface area contributed by atoms with E-state index in [0.717, 1.165) is 0 Å². The number of halogens is 2. The zero-order chi connectivity index (χ0) is 15.9. The second-order valence-corrected chi connectivity index (χ2v) is 4.06. The smallest absolute Gasteiger partial charge is 0.387 e. The highest BCUT2D eigenvalue weighted by Gasteiger charge is 2.11. The molecule has 0 spiro atoms. The number of hydrazone groups is 1. The molecule has 0 unspecified atom stereocenters. The Kier molecular flexibility index (Phi) is 4.97. The molecule has 8 heteroatoms. The summed E-state index contributed by atoms with van der Waals surface area (Å²) in [5, 5.41) is 14.7. The van der Waals surface area contributed by atoms with Crippen molar-refractivity contribution in [3.63, 3.8) is 0 Å². The van der Waals surface area contributed by atoms with Crippen LogP contribution in [0.25, 0.3) is 0 Å². The SMILES string of the molecule is O=[N+]([O-])c1ccccc1NN=Cc1ccccc1OC(F)F. The van der Waals surface area contributed by atoms with E-state index in [1.54, 1.807) is 18.2 Å². The van der Waals surface area contributed by atoms with Gasteiger partial charge in [0, 0.05) is 11.6 Å². The molecule has 114 valence electrons. The highest BCUT2D eigenvalue weighted by molar-refractivity contribution is 5.84. The predicted molar refractivity (Wildman–Crippen MR) is 77.4 cm³/mol. The van der Waals surface area contributed by atoms with Crippen molar-refractivity contribution in [3.05, 3.63) is 64.2 Å². The van der Waals surface area contributed by atoms with Crippen molar-refractivity contribution in [2.75, 3.05) is 5.43 Å². The number of nitro benzene ring substituents is 1. The van der Waals surface area contributed by atoms with Gasteiger partial charge in [-0.05, 0) is 18.2 Å². The van der Waals surface area contributed by atoms with Crippen LogP contribution in [0.4, 0.5) is 20.2 Å². The van der Waals surface area contributed by atoms with Crippen LogP contribution in [0.1, 0.15) is 5.56 Å². The van der Waals surface area contributed by atoms with Gasteiger partial charge in [0.05, 0.1) is 11.1 Å². The Morgan fingerprint density at radius 1 is 1.18 bits per heavy atom. The zero-order valence-corrected chi connectivity index (χ0v) is 11.1. The Labute approximate surface area is 124 Å². The maximum atomic E-state index is 12.3. The third-order valence-electron chi connectivity index (χ3n) is 2.62. The van der Waals surface area contributed by atoms with Gasteiger partial charge in [0.25, 0.3) is 5.69 Å². The number of para-hydroxylation sites is 3. The van der Waals surface area contributed by atoms with Gasteiger partial charge in [0.1, 0.15) is 11.4 Å². The standard InChI is InChI=1S/C14H11F2N3O3/c15-14(16)22-13-8-4-1-5-10(13)9-17-18-11-6-2-3-7-12(11)19(20)21/h1-9,14,18H. The zero-order valence-electron chi connectivity index (χ0n) is 11.1. The highest BCUT2D eigenvalue weighted by atomic mass is 19.3. The first kappa shape index (κ1) is 15.4. The van der Waals surface area contributed by atoms with Gasteiger partial charge >= 0.3 is 6.61 Å². The van der Waals surface area contributed by atoms with Crippen molar-refractivity contribution in [1.82, 2.24) is 0 Å². The van der Waals surface area contributed by atoms with Gasteiger partial charge in [-0.1, -0.05) is 24.3 Å². The lowest BCUT2D eigenvalue weighted by Gasteiger charge is -2.07. The molecular weight excluding hydrogens is 296 g/mol. The van der Waals surface area contributed by atoms with Crippen LogP contribution in [0.2, 0.25) is 0 Å². The lowest BCUT2D eigenvalue weighted by molar-refractivity contribution is -0.384. The number of hydrogen-bond acceptors (Lipinski definition) is 5. The fraction of sp³-hybridized carbons (Fsp3) is 0.0714. The summed E-state index contributed by atoms with van der Waals surface area (Å²) in [5.74, 6) is -0.0365. The van der Waals surface area contributed by atoms with Crippen molar-refractivity contribution in [1.29, 1.82) is 0 Å². The maximum Gasteiger partial charge on any atom is 0.387 e. The molecule has 0 atom stereocenters. The van der Waals surface area contributed by atoms with E-state index in [2.05, 4.69) is 15.3 Å². The molecule has 0 aliphatic rings. The lowest BCUT2D eigenvalue weighted by atomic mass is 10.2. The summed E-state index contributed by atoms with van der Waals surface area (Å²) in [4.78, 5) is 10.3. The quantitative estimate of drug-likeness (QED) is 0.502. The first-order valence-corrected chi connectivity index (χ1v) is 6.14. The first-order valence-electron chi connectivity index (χ1n) is 6.14. The van der Waals surface area contributed by atoms with E-state index in [-0.39, 0.29) is 17.1 Å². The molecule has 0 saturated heterocycles. The molecule has 0 aliphatic heterocycles. The number of rotatable bonds is 6. The number of anilines is 1. The molecule has 2 aromatic carbocycles. The number of nitrogens with zero attached hydrogens (tertiary/aromatic N) is 2. The van der Waals surface area contributed by atoms with E-state index in [4.69, 9.17) is 0 Å². The summed E-state index contributed by atoms with van der Waals surface area (Å²) in [7, 11) is 0. The Morgan fingerprint density at radius 2 is 1.86 bits per heavy atom. The number of benzene rings is 2. The summed E-state index contributed by atoms with van der Waals surface area (Å²) in [6.07, 6.45) is 1.24. The molecule has 0 amide bonds. The average Bonchev–Trinajstić information content (AvgIpc) is 2.49. The molecule has 0 aliphatic carbocycles. The number of nitrogens with one attached hydrogen (secondary N) is 1. The second-order valence-electron chi connectivity index (χ2n) is 4.06. The van der Waals surface area contributed by atoms with Crippen molar-refractivity contribution < 1.29 is 18.4 Å². The van der Waals surface area contributed by atoms with Crippen LogP contribution in [0.3, 0.4) is 0 Å². The van der Waals surface area contributed by atoms with Crippen LogP contribution in [-0.4, -0.2) is 17.7 Å². The van der Waals surface area contributed by atoms with Gasteiger partial charge in [-0.25, -0.2) is 0 Å². The predicted octanol–water partition coefficient (Wildman–Crippen LogP) is 3.64. The number of alkyl halides is 2. The van der Waals surface area contributed by atoms with Crippen LogP contribution in [0, 0.1) is 10.1 Å². The fourth-order valence-electron chi connectivity index (χ4n) is 1.69. The summed E-state index contributed by atoms with van der Waals surface area (Å²) in [6.45, 7) is -2.95. The molecule has 0 fully saturated rings. The molecule has 0 radical (unpaired) electrons. The molecule has 22 heavy (non-hydrogen) atoms. The van der Waals surface area contributed by atoms with Crippen molar-refractivity contribution in [2.45, 2.75) is 6.61 Å². The third kappa shape index (κ3) is 3.98. The molecule has 1 N–H and O–H groups in total. The average molecular weight is 307 g/mol. The minimum atomic E-state index is -2.95. The van der Waals surface area contributed by atoms with Gasteiger partial charge < -0.3 is 4.74 Å². The van der Waals surface area contributed by atoms with Gasteiger partial charge in [-0.3, -0.25) is 15.5 Å². The van der Waals surface area contributed by atoms with Crippen molar-refractivity contribution in [2.24, 2.45) is 5.10 Å². The molecule has 2 rings (SSSR count). The summed E-state index contributed by atoms with van der Waals surface area (Å²) < 4.78 is 28.9. The Balaban J connectivity index is 2.15. The van der Waals surface area contributed by atoms with Crippen LogP contribution in [0.5, 0.6) is 5.75 Å². The van der Waals surface area contributed by atoms with E-state index in [1.165, 1.54) is 36.5 Å². The van der Waals surface area contributed by atoms with Crippen molar-refractivity contribution >= 4 is 17.6 Å². The highest BCUT2D eigenvalue weighted by Crippen LogP contribution is 2.23. The monoisotopic (exact) mass is 307 g/mol. The Bertz CT molecular complexity index is 693. The van der Waals surface area contributed by atoms with Gasteiger partial charge in [0.15, 0.2) is 0 Å². The molecule has 0 saturated carbocycles. The lowest BCUT2D eigenvalue weighted by Crippen LogP contribution is -2.04. The molecule has 0 heterocycles. The van der Waals surface area contributed by atoms with Gasteiger partial charge in [-0.15, -0.1) is 0 Å². The number of ether oxygens (including phenoxy) is 1. The van der Waals surface area contributed by atoms with Crippen LogP contribution >= 0.6 is 0 Å². The molecule has 0 aromatic heterocycles. The topological polar surface area (TPSA) is 76.8 Å². The summed E-state index contributed by atoms with van der Waals surface area (Å²) in [5.41, 5.74) is 2.87. The normalized spacial score (nSPS) is 10.9. The molecule has 2 aromatic rings. The number of hydrogen-bond donors (Lipinski definition) is 1. The second kappa shape index (κ2) is 7.11. The summed E-state index contributed by atoms with van der Waals surface area (Å²) >= 11 is 0. The molecule has 0 bridgehead atoms. The summed E-state index contributed by atoms with van der Waals surface area (Å²) in [6, 6.07) is 12.0. The van der Waals surface area contributed by atoms with E-state index in [0.29, 0.717) is 5.56 Å². The Hall–Kier alpha value is -3.03. The van der Waals surface area contributed by atoms with Crippen molar-refractivity contribution in [3.8, 4) is 5.75 Å². The van der Waals surface area contributed by atoms with Gasteiger partial charge in [0.2, 0.25) is 0 Å². The van der Waals surface area contributed by atoms with Crippen LogP contribution < -0.4 is 10.2 Å².